The molecule has 0 saturated carbocycles. The molecule has 0 amide bonds. The minimum Gasteiger partial charge on any atom is -0.391 e. The number of hydrogen-bond donors (Lipinski definition) is 1. The first-order chi connectivity index (χ1) is 8.18. The average Bonchev–Trinajstić information content (AvgIpc) is 2.33. The van der Waals surface area contributed by atoms with Crippen LogP contribution in [0.2, 0.25) is 0 Å². The Morgan fingerprint density at radius 2 is 1.88 bits per heavy atom. The van der Waals surface area contributed by atoms with Gasteiger partial charge in [0.1, 0.15) is 0 Å². The van der Waals surface area contributed by atoms with Gasteiger partial charge in [-0.1, -0.05) is 30.3 Å². The Morgan fingerprint density at radius 1 is 1.18 bits per heavy atom. The van der Waals surface area contributed by atoms with Crippen molar-refractivity contribution in [3.8, 4) is 0 Å². The molecule has 1 aromatic carbocycles. The van der Waals surface area contributed by atoms with Crippen molar-refractivity contribution in [1.29, 1.82) is 0 Å². The molecule has 1 aromatic rings. The van der Waals surface area contributed by atoms with Gasteiger partial charge >= 0.3 is 0 Å². The molecule has 0 aromatic heterocycles. The van der Waals surface area contributed by atoms with E-state index in [4.69, 9.17) is 14.6 Å². The Balaban J connectivity index is 2.07. The lowest BCUT2D eigenvalue weighted by atomic mass is 10.2. The Morgan fingerprint density at radius 3 is 2.53 bits per heavy atom. The Hall–Kier alpha value is -0.900. The van der Waals surface area contributed by atoms with E-state index in [2.05, 4.69) is 12.1 Å². The molecular formula is C14H22O3. The maximum absolute atomic E-state index is 9.01. The van der Waals surface area contributed by atoms with Gasteiger partial charge in [0.25, 0.3) is 0 Å². The first-order valence-corrected chi connectivity index (χ1v) is 6.10. The molecule has 3 heteroatoms. The molecule has 96 valence electrons. The van der Waals surface area contributed by atoms with E-state index in [-0.39, 0.29) is 6.10 Å². The summed E-state index contributed by atoms with van der Waals surface area (Å²) in [5, 5.41) is 9.01. The second-order valence-electron chi connectivity index (χ2n) is 4.32. The number of hydrogen-bond acceptors (Lipinski definition) is 3. The summed E-state index contributed by atoms with van der Waals surface area (Å²) in [5.74, 6) is 0. The summed E-state index contributed by atoms with van der Waals surface area (Å²) in [4.78, 5) is 0. The normalized spacial score (nSPS) is 14.5. The number of benzene rings is 1. The third-order valence-corrected chi connectivity index (χ3v) is 2.41. The van der Waals surface area contributed by atoms with Crippen molar-refractivity contribution in [2.24, 2.45) is 0 Å². The van der Waals surface area contributed by atoms with Crippen LogP contribution < -0.4 is 0 Å². The first-order valence-electron chi connectivity index (χ1n) is 6.10. The summed E-state index contributed by atoms with van der Waals surface area (Å²) in [6.45, 7) is 5.41. The lowest BCUT2D eigenvalue weighted by molar-refractivity contribution is 0.00315. The Labute approximate surface area is 103 Å². The van der Waals surface area contributed by atoms with Gasteiger partial charge in [0.2, 0.25) is 0 Å². The van der Waals surface area contributed by atoms with Crippen LogP contribution in [-0.2, 0) is 16.1 Å². The summed E-state index contributed by atoms with van der Waals surface area (Å²) in [6, 6.07) is 10.1. The maximum Gasteiger partial charge on any atom is 0.0745 e. The van der Waals surface area contributed by atoms with Crippen LogP contribution in [0.4, 0.5) is 0 Å². The lowest BCUT2D eigenvalue weighted by Crippen LogP contribution is -2.15. The molecule has 0 fully saturated rings. The van der Waals surface area contributed by atoms with Gasteiger partial charge < -0.3 is 14.6 Å². The highest BCUT2D eigenvalue weighted by Crippen LogP contribution is 2.05. The van der Waals surface area contributed by atoms with E-state index in [9.17, 15) is 0 Å². The molecule has 0 spiro atoms. The minimum atomic E-state index is -0.393. The molecule has 1 N–H and O–H groups in total. The average molecular weight is 238 g/mol. The third kappa shape index (κ3) is 7.10. The first kappa shape index (κ1) is 14.2. The van der Waals surface area contributed by atoms with Crippen molar-refractivity contribution >= 4 is 0 Å². The Bertz CT molecular complexity index is 285. The van der Waals surface area contributed by atoms with E-state index < -0.39 is 6.10 Å². The molecule has 1 rings (SSSR count). The molecule has 3 nitrogen and oxygen atoms in total. The van der Waals surface area contributed by atoms with Gasteiger partial charge in [-0.2, -0.15) is 0 Å². The van der Waals surface area contributed by atoms with E-state index in [0.717, 1.165) is 6.42 Å². The van der Waals surface area contributed by atoms with Crippen LogP contribution in [0.25, 0.3) is 0 Å². The van der Waals surface area contributed by atoms with Crippen LogP contribution in [-0.4, -0.2) is 30.5 Å². The van der Waals surface area contributed by atoms with Crippen molar-refractivity contribution in [3.63, 3.8) is 0 Å². The van der Waals surface area contributed by atoms with Crippen LogP contribution in [0, 0.1) is 0 Å². The molecule has 0 heterocycles. The predicted molar refractivity (Wildman–Crippen MR) is 67.8 cm³/mol. The molecule has 0 radical (unpaired) electrons. The minimum absolute atomic E-state index is 0.171. The zero-order chi connectivity index (χ0) is 12.5. The topological polar surface area (TPSA) is 38.7 Å². The SMILES string of the molecule is C[C@H](CCOC[C@@H](C)O)OCc1ccccc1. The molecule has 0 aliphatic heterocycles. The second kappa shape index (κ2) is 8.23. The van der Waals surface area contributed by atoms with E-state index in [0.29, 0.717) is 19.8 Å². The maximum atomic E-state index is 9.01. The summed E-state index contributed by atoms with van der Waals surface area (Å²) in [6.07, 6.45) is 0.624. The molecule has 0 bridgehead atoms. The fourth-order valence-corrected chi connectivity index (χ4v) is 1.40. The fraction of sp³-hybridized carbons (Fsp3) is 0.571. The smallest absolute Gasteiger partial charge is 0.0745 e. The highest BCUT2D eigenvalue weighted by atomic mass is 16.5. The van der Waals surface area contributed by atoms with Crippen LogP contribution in [0.1, 0.15) is 25.8 Å². The zero-order valence-electron chi connectivity index (χ0n) is 10.6. The number of ether oxygens (including phenoxy) is 2. The van der Waals surface area contributed by atoms with Crippen LogP contribution in [0.3, 0.4) is 0 Å². The highest BCUT2D eigenvalue weighted by Gasteiger charge is 2.03. The van der Waals surface area contributed by atoms with Crippen molar-refractivity contribution < 1.29 is 14.6 Å². The molecule has 0 saturated heterocycles. The number of aliphatic hydroxyl groups is 1. The van der Waals surface area contributed by atoms with Crippen LogP contribution in [0.15, 0.2) is 30.3 Å². The van der Waals surface area contributed by atoms with E-state index in [1.165, 1.54) is 5.56 Å². The van der Waals surface area contributed by atoms with Gasteiger partial charge in [0, 0.05) is 6.61 Å². The van der Waals surface area contributed by atoms with Gasteiger partial charge in [-0.3, -0.25) is 0 Å². The molecular weight excluding hydrogens is 216 g/mol. The standard InChI is InChI=1S/C14H22O3/c1-12(15)10-16-9-8-13(2)17-11-14-6-4-3-5-7-14/h3-7,12-13,15H,8-11H2,1-2H3/t12-,13-/m1/s1. The van der Waals surface area contributed by atoms with E-state index >= 15 is 0 Å². The van der Waals surface area contributed by atoms with Crippen molar-refractivity contribution in [2.45, 2.75) is 39.1 Å². The van der Waals surface area contributed by atoms with Crippen molar-refractivity contribution in [3.05, 3.63) is 35.9 Å². The fourth-order valence-electron chi connectivity index (χ4n) is 1.40. The molecule has 2 atom stereocenters. The van der Waals surface area contributed by atoms with E-state index in [1.54, 1.807) is 6.92 Å². The van der Waals surface area contributed by atoms with Gasteiger partial charge in [-0.15, -0.1) is 0 Å². The van der Waals surface area contributed by atoms with Gasteiger partial charge in [0.05, 0.1) is 25.4 Å². The second-order valence-corrected chi connectivity index (χ2v) is 4.32. The molecule has 0 aliphatic carbocycles. The highest BCUT2D eigenvalue weighted by molar-refractivity contribution is 5.13. The number of aliphatic hydroxyl groups excluding tert-OH is 1. The van der Waals surface area contributed by atoms with Crippen molar-refractivity contribution in [1.82, 2.24) is 0 Å². The lowest BCUT2D eigenvalue weighted by Gasteiger charge is -2.13. The number of rotatable bonds is 8. The molecule has 0 unspecified atom stereocenters. The van der Waals surface area contributed by atoms with Crippen LogP contribution in [0.5, 0.6) is 0 Å². The summed E-state index contributed by atoms with van der Waals surface area (Å²) in [7, 11) is 0. The third-order valence-electron chi connectivity index (χ3n) is 2.41. The van der Waals surface area contributed by atoms with Crippen LogP contribution >= 0.6 is 0 Å². The zero-order valence-corrected chi connectivity index (χ0v) is 10.6. The van der Waals surface area contributed by atoms with Crippen molar-refractivity contribution in [2.75, 3.05) is 13.2 Å². The molecule has 0 aliphatic rings. The molecule has 17 heavy (non-hydrogen) atoms. The Kier molecular flexibility index (Phi) is 6.86. The summed E-state index contributed by atoms with van der Waals surface area (Å²) < 4.78 is 11.0. The predicted octanol–water partition coefficient (Wildman–Crippen LogP) is 2.38. The summed E-state index contributed by atoms with van der Waals surface area (Å²) >= 11 is 0. The largest absolute Gasteiger partial charge is 0.391 e. The van der Waals surface area contributed by atoms with E-state index in [1.807, 2.05) is 25.1 Å². The monoisotopic (exact) mass is 238 g/mol. The van der Waals surface area contributed by atoms with Gasteiger partial charge in [-0.05, 0) is 25.8 Å². The quantitative estimate of drug-likeness (QED) is 0.707. The van der Waals surface area contributed by atoms with Gasteiger partial charge in [0.15, 0.2) is 0 Å². The van der Waals surface area contributed by atoms with Gasteiger partial charge in [-0.25, -0.2) is 0 Å². The summed E-state index contributed by atoms with van der Waals surface area (Å²) in [5.41, 5.74) is 1.18.